The van der Waals surface area contributed by atoms with Crippen LogP contribution in [0.15, 0.2) is 72.8 Å². The zero-order chi connectivity index (χ0) is 48.2. The SMILES string of the molecule is COC(=O)NC(C(=O)N1CC(F)CC1c1ncc(-c2ccc3c(c2)cc2n3C(c3cccc(OC4CCCC4)c3)OC3=C2C(F)CC(c2cnc(C4CCCN4C(=O)C(N)C(C)C)[nH]2)=C3)[nH]1)C(C)C. The van der Waals surface area contributed by atoms with Crippen LogP contribution in [0, 0.1) is 11.8 Å². The van der Waals surface area contributed by atoms with Crippen molar-refractivity contribution in [3.63, 3.8) is 0 Å². The molecule has 3 aromatic heterocycles. The predicted molar refractivity (Wildman–Crippen MR) is 256 cm³/mol. The first-order chi connectivity index (χ1) is 33.3. The molecule has 69 heavy (non-hydrogen) atoms. The molecule has 7 unspecified atom stereocenters. The first-order valence-electron chi connectivity index (χ1n) is 24.4. The number of likely N-dealkylation sites (tertiary alicyclic amines) is 2. The number of halogens is 2. The first kappa shape index (κ1) is 46.2. The lowest BCUT2D eigenvalue weighted by Crippen LogP contribution is -2.51. The molecular weight excluding hydrogens is 885 g/mol. The number of amides is 3. The number of rotatable bonds is 12. The second-order valence-corrected chi connectivity index (χ2v) is 19.9. The zero-order valence-electron chi connectivity index (χ0n) is 39.7. The molecule has 7 atom stereocenters. The van der Waals surface area contributed by atoms with Crippen LogP contribution in [0.3, 0.4) is 0 Å². The second kappa shape index (κ2) is 18.8. The number of nitrogens with zero attached hydrogens (tertiary/aromatic N) is 5. The fourth-order valence-corrected chi connectivity index (χ4v) is 10.8. The lowest BCUT2D eigenvalue weighted by molar-refractivity contribution is -0.136. The van der Waals surface area contributed by atoms with Crippen molar-refractivity contribution in [2.75, 3.05) is 20.2 Å². The Balaban J connectivity index is 0.991. The van der Waals surface area contributed by atoms with E-state index in [1.54, 1.807) is 26.2 Å². The number of fused-ring (bicyclic) bond motifs is 4. The lowest BCUT2D eigenvalue weighted by Gasteiger charge is -2.34. The summed E-state index contributed by atoms with van der Waals surface area (Å²) in [6.45, 7) is 7.97. The molecule has 5 aliphatic rings. The molecule has 10 rings (SSSR count). The number of alkyl carbamates (subject to hydrolysis) is 1. The van der Waals surface area contributed by atoms with Gasteiger partial charge in [0.25, 0.3) is 0 Å². The van der Waals surface area contributed by atoms with Gasteiger partial charge >= 0.3 is 6.09 Å². The molecular formula is C52H61F2N9O6. The molecule has 2 aliphatic carbocycles. The summed E-state index contributed by atoms with van der Waals surface area (Å²) in [4.78, 5) is 58.8. The van der Waals surface area contributed by atoms with Crippen molar-refractivity contribution in [3.05, 3.63) is 101 Å². The maximum Gasteiger partial charge on any atom is 0.407 e. The Hall–Kier alpha value is -6.49. The minimum absolute atomic E-state index is 0.00127. The molecule has 2 saturated heterocycles. The van der Waals surface area contributed by atoms with Crippen LogP contribution in [0.1, 0.15) is 126 Å². The molecule has 5 aromatic rings. The molecule has 5 N–H and O–H groups in total. The molecule has 0 radical (unpaired) electrons. The molecule has 6 heterocycles. The number of carbonyl (C=O) groups excluding carboxylic acids is 3. The summed E-state index contributed by atoms with van der Waals surface area (Å²) in [7, 11) is 1.23. The standard InChI is InChI=1S/C52H61F2N9O6/c1-27(2)45(55)49(64)61-17-9-14-40(61)47-56-25-38(59-47)31-20-36(54)44-41-21-32-18-29(37-24-57-48(58-37)42-23-33(53)26-62(42)50(65)46(28(3)4)60-52(66)67-5)15-16-39(32)63(41)51(69-43(44)22-31)30-10-8-13-35(19-30)68-34-11-6-7-12-34/h8,10,13,15-16,18-19,21-22,24-25,27-28,33-34,36,40,42,45-46,51H,6-7,9,11-12,14,17,20,23,26,55H2,1-5H3,(H,56,59)(H,57,58)(H,60,66). The Morgan fingerprint density at radius 2 is 1.64 bits per heavy atom. The number of imidazole rings is 2. The average molecular weight is 946 g/mol. The molecule has 3 aliphatic heterocycles. The van der Waals surface area contributed by atoms with Crippen molar-refractivity contribution in [1.29, 1.82) is 0 Å². The molecule has 0 bridgehead atoms. The van der Waals surface area contributed by atoms with Gasteiger partial charge in [-0.05, 0) is 92.3 Å². The number of aromatic amines is 2. The van der Waals surface area contributed by atoms with E-state index in [4.69, 9.17) is 24.9 Å². The molecule has 15 nitrogen and oxygen atoms in total. The predicted octanol–water partition coefficient (Wildman–Crippen LogP) is 8.83. The van der Waals surface area contributed by atoms with Crippen molar-refractivity contribution >= 4 is 40.0 Å². The number of hydrogen-bond acceptors (Lipinski definition) is 9. The van der Waals surface area contributed by atoms with Gasteiger partial charge < -0.3 is 49.6 Å². The summed E-state index contributed by atoms with van der Waals surface area (Å²) in [5.41, 5.74) is 11.9. The van der Waals surface area contributed by atoms with Crippen LogP contribution >= 0.6 is 0 Å². The largest absolute Gasteiger partial charge is 0.490 e. The van der Waals surface area contributed by atoms with Gasteiger partial charge in [0.1, 0.15) is 41.5 Å². The maximum atomic E-state index is 17.1. The third-order valence-electron chi connectivity index (χ3n) is 14.6. The summed E-state index contributed by atoms with van der Waals surface area (Å²) in [6.07, 6.45) is 7.34. The summed E-state index contributed by atoms with van der Waals surface area (Å²) < 4.78 is 52.4. The Morgan fingerprint density at radius 1 is 0.884 bits per heavy atom. The highest BCUT2D eigenvalue weighted by atomic mass is 19.1. The van der Waals surface area contributed by atoms with E-state index in [2.05, 4.69) is 24.8 Å². The minimum atomic E-state index is -1.43. The van der Waals surface area contributed by atoms with E-state index in [9.17, 15) is 14.4 Å². The highest BCUT2D eigenvalue weighted by molar-refractivity contribution is 5.93. The van der Waals surface area contributed by atoms with Crippen LogP contribution in [0.25, 0.3) is 33.3 Å². The summed E-state index contributed by atoms with van der Waals surface area (Å²) in [5.74, 6) is 1.46. The van der Waals surface area contributed by atoms with E-state index in [-0.39, 0.29) is 49.3 Å². The molecule has 3 amide bonds. The van der Waals surface area contributed by atoms with E-state index in [0.29, 0.717) is 52.2 Å². The van der Waals surface area contributed by atoms with Crippen molar-refractivity contribution in [3.8, 4) is 17.0 Å². The summed E-state index contributed by atoms with van der Waals surface area (Å²) >= 11 is 0. The van der Waals surface area contributed by atoms with Gasteiger partial charge in [-0.25, -0.2) is 23.5 Å². The monoisotopic (exact) mass is 945 g/mol. The van der Waals surface area contributed by atoms with Crippen molar-refractivity contribution in [2.45, 2.75) is 128 Å². The van der Waals surface area contributed by atoms with Gasteiger partial charge in [0.15, 0.2) is 0 Å². The molecule has 364 valence electrons. The van der Waals surface area contributed by atoms with E-state index >= 15 is 8.78 Å². The number of aromatic nitrogens is 5. The number of nitrogens with one attached hydrogen (secondary N) is 3. The number of carbonyl (C=O) groups is 3. The van der Waals surface area contributed by atoms with Gasteiger partial charge in [-0.1, -0.05) is 45.9 Å². The van der Waals surface area contributed by atoms with E-state index in [1.807, 2.05) is 73.4 Å². The lowest BCUT2D eigenvalue weighted by atomic mass is 9.90. The fraction of sp³-hybridized carbons (Fsp3) is 0.481. The van der Waals surface area contributed by atoms with Gasteiger partial charge in [-0.3, -0.25) is 9.59 Å². The number of methoxy groups -OCH3 is 1. The van der Waals surface area contributed by atoms with Crippen LogP contribution in [-0.4, -0.2) is 103 Å². The number of ether oxygens (including phenoxy) is 3. The van der Waals surface area contributed by atoms with Crippen molar-refractivity contribution in [1.82, 2.24) is 39.6 Å². The number of nitrogens with two attached hydrogens (primary N) is 1. The normalized spacial score (nSPS) is 23.6. The van der Waals surface area contributed by atoms with E-state index in [0.717, 1.165) is 66.3 Å². The molecule has 17 heteroatoms. The summed E-state index contributed by atoms with van der Waals surface area (Å²) in [6, 6.07) is 13.4. The number of alkyl halides is 2. The Labute approximate surface area is 399 Å². The van der Waals surface area contributed by atoms with E-state index < -0.39 is 48.7 Å². The van der Waals surface area contributed by atoms with Crippen LogP contribution in [0.4, 0.5) is 13.6 Å². The van der Waals surface area contributed by atoms with Crippen LogP contribution in [0.5, 0.6) is 5.75 Å². The zero-order valence-corrected chi connectivity index (χ0v) is 39.7. The van der Waals surface area contributed by atoms with E-state index in [1.165, 1.54) is 12.0 Å². The van der Waals surface area contributed by atoms with Gasteiger partial charge in [0, 0.05) is 35.9 Å². The highest BCUT2D eigenvalue weighted by Gasteiger charge is 2.43. The maximum absolute atomic E-state index is 17.1. The number of H-pyrrole nitrogens is 2. The van der Waals surface area contributed by atoms with Gasteiger partial charge in [0.05, 0.1) is 78.4 Å². The van der Waals surface area contributed by atoms with Crippen LogP contribution in [-0.2, 0) is 19.1 Å². The fourth-order valence-electron chi connectivity index (χ4n) is 10.8. The van der Waals surface area contributed by atoms with Gasteiger partial charge in [-0.15, -0.1) is 0 Å². The molecule has 1 saturated carbocycles. The van der Waals surface area contributed by atoms with Gasteiger partial charge in [-0.2, -0.15) is 0 Å². The van der Waals surface area contributed by atoms with Crippen molar-refractivity contribution < 1.29 is 37.4 Å². The van der Waals surface area contributed by atoms with Crippen LogP contribution in [0.2, 0.25) is 0 Å². The second-order valence-electron chi connectivity index (χ2n) is 19.9. The van der Waals surface area contributed by atoms with Crippen LogP contribution < -0.4 is 15.8 Å². The number of hydrogen-bond donors (Lipinski definition) is 4. The topological polar surface area (TPSA) is 186 Å². The molecule has 0 spiro atoms. The average Bonchev–Trinajstić information content (AvgIpc) is 4.20. The van der Waals surface area contributed by atoms with Crippen molar-refractivity contribution in [2.24, 2.45) is 17.6 Å². The Morgan fingerprint density at radius 3 is 2.39 bits per heavy atom. The molecule has 2 aromatic carbocycles. The number of allylic oxidation sites excluding steroid dienone is 3. The minimum Gasteiger partial charge on any atom is -0.490 e. The first-order valence-corrected chi connectivity index (χ1v) is 24.4. The van der Waals surface area contributed by atoms with Gasteiger partial charge in [0.2, 0.25) is 18.0 Å². The number of benzene rings is 2. The quantitative estimate of drug-likeness (QED) is 0.0949. The summed E-state index contributed by atoms with van der Waals surface area (Å²) in [5, 5.41) is 3.44. The molecule has 3 fully saturated rings. The Kier molecular flexibility index (Phi) is 12.6. The Bertz CT molecular complexity index is 2820. The highest BCUT2D eigenvalue weighted by Crippen LogP contribution is 2.48. The third-order valence-corrected chi connectivity index (χ3v) is 14.6. The smallest absolute Gasteiger partial charge is 0.407 e. The third kappa shape index (κ3) is 8.78.